The molecule has 0 aliphatic carbocycles. The Hall–Kier alpha value is 0.200. The van der Waals surface area contributed by atoms with Crippen LogP contribution in [0.15, 0.2) is 23.1 Å². The molecule has 0 N–H and O–H groups in total. The SMILES string of the molecule is CCOC(=O)c1ccc([S-])cc1Cl.[Na+]. The Morgan fingerprint density at radius 3 is 2.71 bits per heavy atom. The second-order valence-electron chi connectivity index (χ2n) is 2.36. The molecule has 1 rings (SSSR count). The summed E-state index contributed by atoms with van der Waals surface area (Å²) in [6.45, 7) is 2.08. The minimum absolute atomic E-state index is 0. The van der Waals surface area contributed by atoms with Gasteiger partial charge in [0, 0.05) is 0 Å². The fourth-order valence-corrected chi connectivity index (χ4v) is 1.38. The topological polar surface area (TPSA) is 26.3 Å². The van der Waals surface area contributed by atoms with Crippen molar-refractivity contribution in [1.82, 2.24) is 0 Å². The van der Waals surface area contributed by atoms with Gasteiger partial charge in [-0.1, -0.05) is 23.7 Å². The van der Waals surface area contributed by atoms with E-state index in [1.165, 1.54) is 0 Å². The number of carbonyl (C=O) groups is 1. The van der Waals surface area contributed by atoms with Crippen LogP contribution in [0.3, 0.4) is 0 Å². The summed E-state index contributed by atoms with van der Waals surface area (Å²) in [6, 6.07) is 4.78. The number of hydrogen-bond acceptors (Lipinski definition) is 3. The Bertz CT molecular complexity index is 331. The molecule has 5 heteroatoms. The molecule has 0 aliphatic rings. The largest absolute Gasteiger partial charge is 1.00 e. The predicted molar refractivity (Wildman–Crippen MR) is 53.0 cm³/mol. The Labute approximate surface area is 116 Å². The minimum Gasteiger partial charge on any atom is -0.780 e. The van der Waals surface area contributed by atoms with Crippen molar-refractivity contribution in [2.24, 2.45) is 0 Å². The zero-order valence-electron chi connectivity index (χ0n) is 8.04. The molecular weight excluding hydrogens is 231 g/mol. The van der Waals surface area contributed by atoms with Crippen LogP contribution in [0.25, 0.3) is 0 Å². The van der Waals surface area contributed by atoms with Crippen LogP contribution in [0.5, 0.6) is 0 Å². The van der Waals surface area contributed by atoms with E-state index in [1.54, 1.807) is 25.1 Å². The molecule has 0 aliphatic heterocycles. The molecule has 1 aromatic rings. The van der Waals surface area contributed by atoms with Crippen LogP contribution in [0.4, 0.5) is 0 Å². The normalized spacial score (nSPS) is 9.00. The molecule has 0 heterocycles. The van der Waals surface area contributed by atoms with Gasteiger partial charge in [-0.05, 0) is 13.0 Å². The Morgan fingerprint density at radius 2 is 2.21 bits per heavy atom. The standard InChI is InChI=1S/C9H9ClO2S.Na/c1-2-12-9(11)7-4-3-6(13)5-8(7)10;/h3-5,13H,2H2,1H3;/q;+1/p-1. The molecule has 0 aromatic heterocycles. The second kappa shape index (κ2) is 6.64. The zero-order valence-corrected chi connectivity index (χ0v) is 11.6. The van der Waals surface area contributed by atoms with Crippen LogP contribution in [-0.4, -0.2) is 12.6 Å². The number of benzene rings is 1. The molecule has 0 atom stereocenters. The predicted octanol–water partition coefficient (Wildman–Crippen LogP) is -0.574. The van der Waals surface area contributed by atoms with Gasteiger partial charge >= 0.3 is 35.5 Å². The van der Waals surface area contributed by atoms with E-state index >= 15 is 0 Å². The third-order valence-electron chi connectivity index (χ3n) is 1.44. The van der Waals surface area contributed by atoms with E-state index in [0.717, 1.165) is 0 Å². The van der Waals surface area contributed by atoms with E-state index in [-0.39, 0.29) is 29.6 Å². The van der Waals surface area contributed by atoms with Gasteiger partial charge in [-0.2, -0.15) is 4.90 Å². The van der Waals surface area contributed by atoms with Crippen LogP contribution in [0.1, 0.15) is 17.3 Å². The van der Waals surface area contributed by atoms with Crippen LogP contribution >= 0.6 is 11.6 Å². The number of hydrogen-bond donors (Lipinski definition) is 0. The average molecular weight is 239 g/mol. The molecule has 0 fully saturated rings. The summed E-state index contributed by atoms with van der Waals surface area (Å²) in [4.78, 5) is 11.8. The van der Waals surface area contributed by atoms with Gasteiger partial charge in [0.25, 0.3) is 0 Å². The van der Waals surface area contributed by atoms with Gasteiger partial charge in [0.05, 0.1) is 17.2 Å². The third kappa shape index (κ3) is 3.75. The molecule has 1 aromatic carbocycles. The van der Waals surface area contributed by atoms with Crippen molar-refractivity contribution in [3.8, 4) is 0 Å². The Balaban J connectivity index is 0.00000169. The van der Waals surface area contributed by atoms with Crippen molar-refractivity contribution >= 4 is 30.2 Å². The number of carbonyl (C=O) groups excluding carboxylic acids is 1. The first kappa shape index (κ1) is 14.2. The molecule has 0 bridgehead atoms. The van der Waals surface area contributed by atoms with Gasteiger partial charge in [-0.3, -0.25) is 0 Å². The third-order valence-corrected chi connectivity index (χ3v) is 2.00. The summed E-state index contributed by atoms with van der Waals surface area (Å²) in [5.41, 5.74) is 0.358. The molecule has 0 amide bonds. The van der Waals surface area contributed by atoms with Crippen LogP contribution in [-0.2, 0) is 17.4 Å². The van der Waals surface area contributed by atoms with E-state index in [9.17, 15) is 4.79 Å². The molecule has 0 spiro atoms. The van der Waals surface area contributed by atoms with Crippen molar-refractivity contribution in [3.05, 3.63) is 28.8 Å². The average Bonchev–Trinajstić information content (AvgIpc) is 2.04. The van der Waals surface area contributed by atoms with Gasteiger partial charge in [0.15, 0.2) is 0 Å². The number of ether oxygens (including phenoxy) is 1. The van der Waals surface area contributed by atoms with Crippen molar-refractivity contribution < 1.29 is 39.1 Å². The van der Waals surface area contributed by atoms with E-state index in [0.29, 0.717) is 22.1 Å². The maximum absolute atomic E-state index is 11.2. The Morgan fingerprint density at radius 1 is 1.57 bits per heavy atom. The maximum atomic E-state index is 11.2. The molecule has 0 unspecified atom stereocenters. The van der Waals surface area contributed by atoms with Crippen LogP contribution in [0, 0.1) is 0 Å². The molecular formula is C9H8ClNaO2S. The first-order chi connectivity index (χ1) is 6.15. The number of esters is 1. The minimum atomic E-state index is -0.414. The quantitative estimate of drug-likeness (QED) is 0.392. The van der Waals surface area contributed by atoms with Gasteiger partial charge in [-0.25, -0.2) is 4.79 Å². The first-order valence-electron chi connectivity index (χ1n) is 3.79. The van der Waals surface area contributed by atoms with E-state index < -0.39 is 5.97 Å². The second-order valence-corrected chi connectivity index (χ2v) is 3.24. The molecule has 70 valence electrons. The van der Waals surface area contributed by atoms with Crippen molar-refractivity contribution in [2.75, 3.05) is 6.61 Å². The smallest absolute Gasteiger partial charge is 0.780 e. The summed E-state index contributed by atoms with van der Waals surface area (Å²) in [5.74, 6) is -0.414. The van der Waals surface area contributed by atoms with E-state index in [1.807, 2.05) is 0 Å². The molecule has 0 saturated heterocycles. The van der Waals surface area contributed by atoms with Crippen LogP contribution in [0.2, 0.25) is 5.02 Å². The summed E-state index contributed by atoms with van der Waals surface area (Å²) in [5, 5.41) is 0.339. The van der Waals surface area contributed by atoms with Crippen molar-refractivity contribution in [2.45, 2.75) is 11.8 Å². The number of rotatable bonds is 2. The van der Waals surface area contributed by atoms with Gasteiger partial charge < -0.3 is 17.4 Å². The van der Waals surface area contributed by atoms with E-state index in [4.69, 9.17) is 29.0 Å². The van der Waals surface area contributed by atoms with Crippen molar-refractivity contribution in [3.63, 3.8) is 0 Å². The fourth-order valence-electron chi connectivity index (χ4n) is 0.870. The van der Waals surface area contributed by atoms with Gasteiger partial charge in [0.1, 0.15) is 0 Å². The van der Waals surface area contributed by atoms with Gasteiger partial charge in [-0.15, -0.1) is 0 Å². The molecule has 14 heavy (non-hydrogen) atoms. The van der Waals surface area contributed by atoms with E-state index in [2.05, 4.69) is 0 Å². The summed E-state index contributed by atoms with van der Waals surface area (Å²) in [6.07, 6.45) is 0. The molecule has 0 saturated carbocycles. The Kier molecular flexibility index (Phi) is 6.74. The summed E-state index contributed by atoms with van der Waals surface area (Å²) < 4.78 is 4.79. The van der Waals surface area contributed by atoms with Crippen LogP contribution < -0.4 is 29.6 Å². The van der Waals surface area contributed by atoms with Crippen molar-refractivity contribution in [1.29, 1.82) is 0 Å². The summed E-state index contributed by atoms with van der Waals surface area (Å²) in [7, 11) is 0. The summed E-state index contributed by atoms with van der Waals surface area (Å²) >= 11 is 10.7. The fraction of sp³-hybridized carbons (Fsp3) is 0.222. The zero-order chi connectivity index (χ0) is 9.84. The monoisotopic (exact) mass is 238 g/mol. The van der Waals surface area contributed by atoms with Gasteiger partial charge in [0.2, 0.25) is 0 Å². The maximum Gasteiger partial charge on any atom is 1.00 e. The molecule has 2 nitrogen and oxygen atoms in total. The molecule has 0 radical (unpaired) electrons. The number of halogens is 1. The first-order valence-corrected chi connectivity index (χ1v) is 4.57.